The van der Waals surface area contributed by atoms with Gasteiger partial charge in [-0.1, -0.05) is 32.1 Å². The lowest BCUT2D eigenvalue weighted by Crippen LogP contribution is -2.47. The summed E-state index contributed by atoms with van der Waals surface area (Å²) in [5, 5.41) is 6.98. The van der Waals surface area contributed by atoms with Crippen LogP contribution in [0.5, 0.6) is 0 Å². The van der Waals surface area contributed by atoms with Gasteiger partial charge in [0.05, 0.1) is 0 Å². The van der Waals surface area contributed by atoms with Gasteiger partial charge in [-0.2, -0.15) is 0 Å². The van der Waals surface area contributed by atoms with E-state index in [2.05, 4.69) is 32.5 Å². The van der Waals surface area contributed by atoms with Crippen LogP contribution in [0.15, 0.2) is 4.99 Å². The number of rotatable bonds is 6. The molecule has 0 aromatic heterocycles. The van der Waals surface area contributed by atoms with Crippen molar-refractivity contribution >= 4 is 11.9 Å². The van der Waals surface area contributed by atoms with Crippen molar-refractivity contribution < 1.29 is 4.79 Å². The van der Waals surface area contributed by atoms with Crippen LogP contribution >= 0.6 is 0 Å². The lowest BCUT2D eigenvalue weighted by atomic mass is 9.88. The minimum Gasteiger partial charge on any atom is -0.355 e. The number of carbonyl (C=O) groups is 1. The Bertz CT molecular complexity index is 497. The molecular formula is C21H39N5O. The molecule has 1 saturated heterocycles. The highest BCUT2D eigenvalue weighted by Gasteiger charge is 2.31. The second-order valence-electron chi connectivity index (χ2n) is 8.67. The molecule has 1 atom stereocenters. The minimum absolute atomic E-state index is 0.279. The monoisotopic (exact) mass is 377 g/mol. The highest BCUT2D eigenvalue weighted by atomic mass is 16.2. The molecule has 2 N–H and O–H groups in total. The summed E-state index contributed by atoms with van der Waals surface area (Å²) in [6, 6.07) is 1.08. The first-order valence-corrected chi connectivity index (χ1v) is 11.1. The first-order chi connectivity index (χ1) is 13.2. The molecule has 0 bridgehead atoms. The molecule has 6 heteroatoms. The van der Waals surface area contributed by atoms with E-state index in [1.54, 1.807) is 0 Å². The standard InChI is InChI=1S/C21H39N5O/c1-22-21(23-13-15-25(2)19-10-6-7-11-19)24-18-12-14-26(16-18)20(27)17-8-4-3-5-9-17/h17-19H,3-16H2,1-2H3,(H2,22,23,24). The molecule has 1 unspecified atom stereocenters. The van der Waals surface area contributed by atoms with Crippen molar-refractivity contribution in [2.24, 2.45) is 10.9 Å². The van der Waals surface area contributed by atoms with Gasteiger partial charge in [0.1, 0.15) is 0 Å². The summed E-state index contributed by atoms with van der Waals surface area (Å²) in [6.07, 6.45) is 12.4. The SMILES string of the molecule is CN=C(NCCN(C)C1CCCC1)NC1CCN(C(=O)C2CCCCC2)C1. The van der Waals surface area contributed by atoms with E-state index < -0.39 is 0 Å². The van der Waals surface area contributed by atoms with Crippen LogP contribution in [0.4, 0.5) is 0 Å². The zero-order chi connectivity index (χ0) is 19.1. The predicted octanol–water partition coefficient (Wildman–Crippen LogP) is 2.21. The van der Waals surface area contributed by atoms with Crippen molar-refractivity contribution in [2.45, 2.75) is 76.3 Å². The molecule has 0 radical (unpaired) electrons. The summed E-state index contributed by atoms with van der Waals surface area (Å²) >= 11 is 0. The molecule has 3 aliphatic rings. The maximum atomic E-state index is 12.7. The Kier molecular flexibility index (Phi) is 7.80. The third kappa shape index (κ3) is 5.84. The van der Waals surface area contributed by atoms with Gasteiger partial charge in [-0.05, 0) is 39.2 Å². The lowest BCUT2D eigenvalue weighted by Gasteiger charge is -2.26. The average Bonchev–Trinajstić information content (AvgIpc) is 3.39. The van der Waals surface area contributed by atoms with Crippen LogP contribution in [0.1, 0.15) is 64.2 Å². The van der Waals surface area contributed by atoms with Gasteiger partial charge in [0.2, 0.25) is 5.91 Å². The van der Waals surface area contributed by atoms with Gasteiger partial charge < -0.3 is 20.4 Å². The van der Waals surface area contributed by atoms with E-state index in [9.17, 15) is 4.79 Å². The van der Waals surface area contributed by atoms with Gasteiger partial charge >= 0.3 is 0 Å². The van der Waals surface area contributed by atoms with Crippen molar-refractivity contribution in [1.82, 2.24) is 20.4 Å². The second kappa shape index (κ2) is 10.3. The first-order valence-electron chi connectivity index (χ1n) is 11.1. The Balaban J connectivity index is 1.36. The quantitative estimate of drug-likeness (QED) is 0.550. The van der Waals surface area contributed by atoms with Crippen molar-refractivity contribution in [2.75, 3.05) is 40.3 Å². The molecule has 1 aliphatic heterocycles. The maximum absolute atomic E-state index is 12.7. The molecule has 2 aliphatic carbocycles. The van der Waals surface area contributed by atoms with E-state index in [0.29, 0.717) is 11.9 Å². The van der Waals surface area contributed by atoms with Crippen LogP contribution in [0.25, 0.3) is 0 Å². The maximum Gasteiger partial charge on any atom is 0.225 e. The summed E-state index contributed by atoms with van der Waals surface area (Å²) in [5.74, 6) is 1.54. The molecule has 0 spiro atoms. The minimum atomic E-state index is 0.279. The van der Waals surface area contributed by atoms with Crippen LogP contribution in [0.2, 0.25) is 0 Å². The summed E-state index contributed by atoms with van der Waals surface area (Å²) < 4.78 is 0. The number of hydrogen-bond acceptors (Lipinski definition) is 3. The summed E-state index contributed by atoms with van der Waals surface area (Å²) in [6.45, 7) is 3.65. The number of amides is 1. The Hall–Kier alpha value is -1.30. The fraction of sp³-hybridized carbons (Fsp3) is 0.905. The Morgan fingerprint density at radius 1 is 1.07 bits per heavy atom. The van der Waals surface area contributed by atoms with E-state index in [4.69, 9.17) is 0 Å². The zero-order valence-electron chi connectivity index (χ0n) is 17.4. The molecule has 0 aromatic rings. The number of nitrogens with one attached hydrogen (secondary N) is 2. The number of aliphatic imine (C=N–C) groups is 1. The number of likely N-dealkylation sites (tertiary alicyclic amines) is 1. The van der Waals surface area contributed by atoms with E-state index in [-0.39, 0.29) is 5.92 Å². The normalized spacial score (nSPS) is 25.4. The lowest BCUT2D eigenvalue weighted by molar-refractivity contribution is -0.135. The van der Waals surface area contributed by atoms with E-state index in [1.165, 1.54) is 44.9 Å². The summed E-state index contributed by atoms with van der Waals surface area (Å²) in [5.41, 5.74) is 0. The average molecular weight is 378 g/mol. The number of hydrogen-bond donors (Lipinski definition) is 2. The largest absolute Gasteiger partial charge is 0.355 e. The van der Waals surface area contributed by atoms with Crippen molar-refractivity contribution in [1.29, 1.82) is 0 Å². The fourth-order valence-electron chi connectivity index (χ4n) is 4.95. The third-order valence-corrected chi connectivity index (χ3v) is 6.72. The summed E-state index contributed by atoms with van der Waals surface area (Å²) in [7, 11) is 4.06. The Morgan fingerprint density at radius 2 is 1.78 bits per heavy atom. The number of guanidine groups is 1. The van der Waals surface area contributed by atoms with E-state index in [1.807, 2.05) is 7.05 Å². The highest BCUT2D eigenvalue weighted by molar-refractivity contribution is 5.81. The molecule has 1 heterocycles. The number of nitrogens with zero attached hydrogens (tertiary/aromatic N) is 3. The molecule has 27 heavy (non-hydrogen) atoms. The molecule has 0 aromatic carbocycles. The number of carbonyl (C=O) groups excluding carboxylic acids is 1. The Labute approximate surface area is 165 Å². The van der Waals surface area contributed by atoms with Crippen LogP contribution in [-0.4, -0.2) is 74.0 Å². The fourth-order valence-corrected chi connectivity index (χ4v) is 4.95. The molecule has 6 nitrogen and oxygen atoms in total. The topological polar surface area (TPSA) is 60.0 Å². The van der Waals surface area contributed by atoms with Crippen molar-refractivity contribution in [3.05, 3.63) is 0 Å². The van der Waals surface area contributed by atoms with Gasteiger partial charge in [0, 0.05) is 51.2 Å². The third-order valence-electron chi connectivity index (χ3n) is 6.72. The molecular weight excluding hydrogens is 338 g/mol. The van der Waals surface area contributed by atoms with E-state index >= 15 is 0 Å². The molecule has 2 saturated carbocycles. The highest BCUT2D eigenvalue weighted by Crippen LogP contribution is 2.26. The van der Waals surface area contributed by atoms with Gasteiger partial charge in [0.25, 0.3) is 0 Å². The second-order valence-corrected chi connectivity index (χ2v) is 8.67. The summed E-state index contributed by atoms with van der Waals surface area (Å²) in [4.78, 5) is 21.7. The number of likely N-dealkylation sites (N-methyl/N-ethyl adjacent to an activating group) is 1. The van der Waals surface area contributed by atoms with Crippen LogP contribution in [0.3, 0.4) is 0 Å². The Morgan fingerprint density at radius 3 is 2.48 bits per heavy atom. The van der Waals surface area contributed by atoms with Crippen LogP contribution < -0.4 is 10.6 Å². The van der Waals surface area contributed by atoms with Crippen molar-refractivity contribution in [3.63, 3.8) is 0 Å². The van der Waals surface area contributed by atoms with Crippen LogP contribution in [-0.2, 0) is 4.79 Å². The predicted molar refractivity (Wildman–Crippen MR) is 111 cm³/mol. The van der Waals surface area contributed by atoms with E-state index in [0.717, 1.165) is 57.4 Å². The van der Waals surface area contributed by atoms with Crippen LogP contribution in [0, 0.1) is 5.92 Å². The molecule has 1 amide bonds. The van der Waals surface area contributed by atoms with Gasteiger partial charge in [-0.25, -0.2) is 0 Å². The molecule has 154 valence electrons. The molecule has 3 fully saturated rings. The zero-order valence-corrected chi connectivity index (χ0v) is 17.4. The van der Waals surface area contributed by atoms with Gasteiger partial charge in [0.15, 0.2) is 5.96 Å². The first kappa shape index (κ1) is 20.4. The van der Waals surface area contributed by atoms with Crippen molar-refractivity contribution in [3.8, 4) is 0 Å². The molecule has 3 rings (SSSR count). The van der Waals surface area contributed by atoms with Gasteiger partial charge in [-0.15, -0.1) is 0 Å². The smallest absolute Gasteiger partial charge is 0.225 e. The van der Waals surface area contributed by atoms with Gasteiger partial charge in [-0.3, -0.25) is 9.79 Å².